The predicted molar refractivity (Wildman–Crippen MR) is 313 cm³/mol. The van der Waals surface area contributed by atoms with Crippen LogP contribution < -0.4 is 5.32 Å². The van der Waals surface area contributed by atoms with Gasteiger partial charge in [0.2, 0.25) is 5.91 Å². The zero-order chi connectivity index (χ0) is 50.6. The van der Waals surface area contributed by atoms with Crippen LogP contribution >= 0.6 is 0 Å². The Hall–Kier alpha value is -1.65. The highest BCUT2D eigenvalue weighted by Crippen LogP contribution is 2.18. The molecular weight excluding hydrogens is 855 g/mol. The van der Waals surface area contributed by atoms with Crippen LogP contribution in [0.15, 0.2) is 48.6 Å². The standard InChI is InChI=1S/C66H125NO3/c1-3-5-7-9-11-13-15-17-19-21-23-25-27-28-29-30-31-32-33-34-35-36-37-38-40-42-44-46-48-50-52-54-56-58-60-62-66(70)67-64(63-68)65(69)61-59-57-55-53-51-49-47-45-43-41-39-26-24-22-20-18-16-14-12-10-8-6-4-2/h30-31,43,45,51,53,59,61,64-65,68-69H,3-29,32-42,44,46-50,52,54-58,60,62-63H2,1-2H3,(H,67,70)/b31-30-,45-43+,53-51+,61-59+. The first-order chi connectivity index (χ1) is 34.7. The molecule has 1 amide bonds. The van der Waals surface area contributed by atoms with Crippen molar-refractivity contribution in [2.45, 2.75) is 360 Å². The van der Waals surface area contributed by atoms with E-state index in [9.17, 15) is 15.0 Å². The highest BCUT2D eigenvalue weighted by molar-refractivity contribution is 5.76. The first kappa shape index (κ1) is 68.4. The summed E-state index contributed by atoms with van der Waals surface area (Å²) < 4.78 is 0. The molecule has 3 N–H and O–H groups in total. The molecule has 0 spiro atoms. The molecule has 0 rings (SSSR count). The van der Waals surface area contributed by atoms with E-state index in [1.54, 1.807) is 6.08 Å². The number of carbonyl (C=O) groups is 1. The van der Waals surface area contributed by atoms with Crippen molar-refractivity contribution >= 4 is 5.91 Å². The topological polar surface area (TPSA) is 69.6 Å². The Labute approximate surface area is 439 Å². The van der Waals surface area contributed by atoms with E-state index in [1.165, 1.54) is 289 Å². The fraction of sp³-hybridized carbons (Fsp3) is 0.864. The Morgan fingerprint density at radius 3 is 0.829 bits per heavy atom. The minimum atomic E-state index is -0.871. The number of nitrogens with one attached hydrogen (secondary N) is 1. The van der Waals surface area contributed by atoms with E-state index in [4.69, 9.17) is 0 Å². The van der Waals surface area contributed by atoms with Gasteiger partial charge in [-0.15, -0.1) is 0 Å². The van der Waals surface area contributed by atoms with Gasteiger partial charge in [0.05, 0.1) is 18.8 Å². The predicted octanol–water partition coefficient (Wildman–Crippen LogP) is 21.4. The summed E-state index contributed by atoms with van der Waals surface area (Å²) in [4.78, 5) is 12.5. The van der Waals surface area contributed by atoms with Gasteiger partial charge in [0.15, 0.2) is 0 Å². The lowest BCUT2D eigenvalue weighted by atomic mass is 10.0. The third kappa shape index (κ3) is 57.3. The second-order valence-electron chi connectivity index (χ2n) is 21.8. The third-order valence-electron chi connectivity index (χ3n) is 14.8. The molecule has 0 heterocycles. The van der Waals surface area contributed by atoms with Gasteiger partial charge in [0, 0.05) is 6.42 Å². The zero-order valence-electron chi connectivity index (χ0n) is 47.6. The molecule has 0 radical (unpaired) electrons. The summed E-state index contributed by atoms with van der Waals surface area (Å²) in [6.45, 7) is 4.33. The quantitative estimate of drug-likeness (QED) is 0.0420. The molecule has 2 unspecified atom stereocenters. The summed E-state index contributed by atoms with van der Waals surface area (Å²) in [6.07, 6.45) is 86.0. The molecule has 0 aromatic heterocycles. The average molecular weight is 981 g/mol. The molecule has 0 aliphatic carbocycles. The van der Waals surface area contributed by atoms with Crippen LogP contribution in [0.1, 0.15) is 348 Å². The van der Waals surface area contributed by atoms with Crippen LogP contribution in [0, 0.1) is 0 Å². The van der Waals surface area contributed by atoms with Gasteiger partial charge >= 0.3 is 0 Å². The van der Waals surface area contributed by atoms with Gasteiger partial charge in [-0.3, -0.25) is 4.79 Å². The second kappa shape index (κ2) is 61.6. The highest BCUT2D eigenvalue weighted by Gasteiger charge is 2.18. The van der Waals surface area contributed by atoms with Gasteiger partial charge in [-0.2, -0.15) is 0 Å². The van der Waals surface area contributed by atoms with Crippen molar-refractivity contribution < 1.29 is 15.0 Å². The molecule has 2 atom stereocenters. The van der Waals surface area contributed by atoms with E-state index in [0.717, 1.165) is 38.5 Å². The van der Waals surface area contributed by atoms with E-state index in [2.05, 4.69) is 55.6 Å². The maximum Gasteiger partial charge on any atom is 0.220 e. The fourth-order valence-corrected chi connectivity index (χ4v) is 9.92. The van der Waals surface area contributed by atoms with E-state index >= 15 is 0 Å². The SMILES string of the molecule is CCCCCCCCCCCCCCC/C=C/CC/C=C/CC/C=C/C(O)C(CO)NC(=O)CCCCCCCCCCCCCCCCCCC/C=C\CCCCCCCCCCCCCCCC. The number of rotatable bonds is 59. The Morgan fingerprint density at radius 2 is 0.557 bits per heavy atom. The van der Waals surface area contributed by atoms with Crippen LogP contribution in [-0.4, -0.2) is 34.9 Å². The molecule has 0 saturated carbocycles. The van der Waals surface area contributed by atoms with E-state index < -0.39 is 12.1 Å². The number of hydrogen-bond donors (Lipinski definition) is 3. The molecule has 0 bridgehead atoms. The second-order valence-corrected chi connectivity index (χ2v) is 21.8. The molecular formula is C66H125NO3. The van der Waals surface area contributed by atoms with Gasteiger partial charge in [-0.05, 0) is 70.6 Å². The molecule has 4 heteroatoms. The van der Waals surface area contributed by atoms with Crippen LogP contribution in [0.5, 0.6) is 0 Å². The van der Waals surface area contributed by atoms with E-state index in [1.807, 2.05) is 6.08 Å². The fourth-order valence-electron chi connectivity index (χ4n) is 9.92. The summed E-state index contributed by atoms with van der Waals surface area (Å²) in [5, 5.41) is 23.2. The summed E-state index contributed by atoms with van der Waals surface area (Å²) in [6, 6.07) is -0.646. The molecule has 0 aromatic carbocycles. The average Bonchev–Trinajstić information content (AvgIpc) is 3.36. The van der Waals surface area contributed by atoms with Gasteiger partial charge < -0.3 is 15.5 Å². The maximum absolute atomic E-state index is 12.5. The van der Waals surface area contributed by atoms with E-state index in [0.29, 0.717) is 6.42 Å². The smallest absolute Gasteiger partial charge is 0.220 e. The summed E-state index contributed by atoms with van der Waals surface area (Å²) in [5.41, 5.74) is 0. The Balaban J connectivity index is 3.48. The van der Waals surface area contributed by atoms with Gasteiger partial charge in [0.25, 0.3) is 0 Å². The molecule has 0 aliphatic rings. The number of aliphatic hydroxyl groups is 2. The van der Waals surface area contributed by atoms with Crippen LogP contribution in [0.3, 0.4) is 0 Å². The highest BCUT2D eigenvalue weighted by atomic mass is 16.3. The zero-order valence-corrected chi connectivity index (χ0v) is 47.6. The van der Waals surface area contributed by atoms with Crippen LogP contribution in [0.2, 0.25) is 0 Å². The molecule has 0 aromatic rings. The lowest BCUT2D eigenvalue weighted by Gasteiger charge is -2.19. The lowest BCUT2D eigenvalue weighted by molar-refractivity contribution is -0.123. The van der Waals surface area contributed by atoms with Crippen molar-refractivity contribution in [3.8, 4) is 0 Å². The van der Waals surface area contributed by atoms with Crippen molar-refractivity contribution in [3.63, 3.8) is 0 Å². The molecule has 0 fully saturated rings. The van der Waals surface area contributed by atoms with Crippen molar-refractivity contribution in [2.75, 3.05) is 6.61 Å². The number of carbonyl (C=O) groups excluding carboxylic acids is 1. The molecule has 412 valence electrons. The summed E-state index contributed by atoms with van der Waals surface area (Å²) in [5.74, 6) is -0.0727. The van der Waals surface area contributed by atoms with Crippen molar-refractivity contribution in [1.29, 1.82) is 0 Å². The molecule has 0 saturated heterocycles. The molecule has 70 heavy (non-hydrogen) atoms. The number of aliphatic hydroxyl groups excluding tert-OH is 2. The summed E-state index contributed by atoms with van der Waals surface area (Å²) in [7, 11) is 0. The van der Waals surface area contributed by atoms with Gasteiger partial charge in [0.1, 0.15) is 0 Å². The minimum absolute atomic E-state index is 0.0727. The Morgan fingerprint density at radius 1 is 0.329 bits per heavy atom. The largest absolute Gasteiger partial charge is 0.394 e. The number of hydrogen-bond acceptors (Lipinski definition) is 3. The molecule has 4 nitrogen and oxygen atoms in total. The van der Waals surface area contributed by atoms with Crippen molar-refractivity contribution in [1.82, 2.24) is 5.32 Å². The van der Waals surface area contributed by atoms with Crippen LogP contribution in [0.25, 0.3) is 0 Å². The number of allylic oxidation sites excluding steroid dienone is 7. The van der Waals surface area contributed by atoms with Crippen molar-refractivity contribution in [2.24, 2.45) is 0 Å². The van der Waals surface area contributed by atoms with Crippen LogP contribution in [0.4, 0.5) is 0 Å². The first-order valence-electron chi connectivity index (χ1n) is 31.9. The Kier molecular flexibility index (Phi) is 60.2. The van der Waals surface area contributed by atoms with Crippen LogP contribution in [-0.2, 0) is 4.79 Å². The lowest BCUT2D eigenvalue weighted by Crippen LogP contribution is -2.45. The monoisotopic (exact) mass is 980 g/mol. The van der Waals surface area contributed by atoms with Gasteiger partial charge in [-0.1, -0.05) is 319 Å². The number of amides is 1. The summed E-state index contributed by atoms with van der Waals surface area (Å²) >= 11 is 0. The third-order valence-corrected chi connectivity index (χ3v) is 14.8. The maximum atomic E-state index is 12.5. The van der Waals surface area contributed by atoms with E-state index in [-0.39, 0.29) is 12.5 Å². The number of unbranched alkanes of at least 4 members (excludes halogenated alkanes) is 46. The first-order valence-corrected chi connectivity index (χ1v) is 31.9. The normalized spacial score (nSPS) is 13.0. The van der Waals surface area contributed by atoms with Crippen molar-refractivity contribution in [3.05, 3.63) is 48.6 Å². The van der Waals surface area contributed by atoms with Gasteiger partial charge in [-0.25, -0.2) is 0 Å². The minimum Gasteiger partial charge on any atom is -0.394 e. The Bertz CT molecular complexity index is 1110. The molecule has 0 aliphatic heterocycles.